The standard InChI is InChI=1S/C63H52N2S/c1-63(2)55-27-15-13-26-53(55)62-54(61-49-23-11-9-19-43(49)37-44-20-10-12-24-50(44)61)39-48(40-56(62)63)64(47-32-29-42(30-33-47)41-17-5-3-6-18-41)60-36-35-57(65(60)46-21-7-4-8-22-46)45-31-34-52-51-25-14-16-28-58(51)66-59(52)38-45/h3-8,13-18,21-22,25-40H,9-12,19-20,23-24H2,1-2H3. The van der Waals surface area contributed by atoms with Crippen LogP contribution in [0.4, 0.5) is 17.2 Å². The molecule has 0 spiro atoms. The van der Waals surface area contributed by atoms with Crippen LogP contribution in [-0.2, 0) is 31.1 Å². The van der Waals surface area contributed by atoms with Gasteiger partial charge in [0.2, 0.25) is 0 Å². The normalized spacial score (nSPS) is 14.8. The summed E-state index contributed by atoms with van der Waals surface area (Å²) in [6.07, 6.45) is 9.72. The number of thiophene rings is 1. The molecule has 0 fully saturated rings. The Hall–Kier alpha value is -6.94. The van der Waals surface area contributed by atoms with Crippen molar-refractivity contribution >= 4 is 48.7 Å². The molecule has 0 N–H and O–H groups in total. The van der Waals surface area contributed by atoms with Gasteiger partial charge in [0.05, 0.1) is 5.69 Å². The Bertz CT molecular complexity index is 3460. The molecule has 0 amide bonds. The average Bonchev–Trinajstić information content (AvgIpc) is 4.04. The zero-order chi connectivity index (χ0) is 43.9. The van der Waals surface area contributed by atoms with Crippen LogP contribution in [-0.4, -0.2) is 4.57 Å². The summed E-state index contributed by atoms with van der Waals surface area (Å²) in [7, 11) is 0. The van der Waals surface area contributed by atoms with Crippen molar-refractivity contribution in [2.45, 2.75) is 70.6 Å². The van der Waals surface area contributed by atoms with Crippen molar-refractivity contribution in [3.8, 4) is 50.3 Å². The van der Waals surface area contributed by atoms with E-state index in [0.29, 0.717) is 0 Å². The van der Waals surface area contributed by atoms with E-state index in [0.717, 1.165) is 30.0 Å². The first kappa shape index (κ1) is 39.4. The Balaban J connectivity index is 1.10. The summed E-state index contributed by atoms with van der Waals surface area (Å²) >= 11 is 1.88. The van der Waals surface area contributed by atoms with Gasteiger partial charge in [0, 0.05) is 48.2 Å². The second-order valence-corrected chi connectivity index (χ2v) is 20.4. The van der Waals surface area contributed by atoms with Crippen LogP contribution in [0.1, 0.15) is 72.9 Å². The minimum Gasteiger partial charge on any atom is -0.296 e. The number of hydrogen-bond donors (Lipinski definition) is 0. The molecule has 0 saturated heterocycles. The second kappa shape index (κ2) is 15.6. The molecule has 0 radical (unpaired) electrons. The number of anilines is 3. The first-order chi connectivity index (χ1) is 32.5. The predicted molar refractivity (Wildman–Crippen MR) is 280 cm³/mol. The van der Waals surface area contributed by atoms with Crippen molar-refractivity contribution in [1.29, 1.82) is 0 Å². The summed E-state index contributed by atoms with van der Waals surface area (Å²) in [6, 6.07) is 68.7. The Kier molecular flexibility index (Phi) is 9.32. The molecule has 3 aliphatic carbocycles. The van der Waals surface area contributed by atoms with E-state index >= 15 is 0 Å². The molecule has 3 heteroatoms. The molecule has 320 valence electrons. The summed E-state index contributed by atoms with van der Waals surface area (Å²) in [5.41, 5.74) is 23.1. The van der Waals surface area contributed by atoms with Crippen LogP contribution >= 0.6 is 11.3 Å². The van der Waals surface area contributed by atoms with Gasteiger partial charge in [0.25, 0.3) is 0 Å². The van der Waals surface area contributed by atoms with E-state index in [2.05, 4.69) is 205 Å². The molecule has 8 aromatic carbocycles. The summed E-state index contributed by atoms with van der Waals surface area (Å²) in [6.45, 7) is 4.91. The molecule has 2 heterocycles. The van der Waals surface area contributed by atoms with Gasteiger partial charge in [-0.3, -0.25) is 9.47 Å². The van der Waals surface area contributed by atoms with Crippen LogP contribution in [0.5, 0.6) is 0 Å². The lowest BCUT2D eigenvalue weighted by atomic mass is 9.75. The van der Waals surface area contributed by atoms with Crippen LogP contribution in [0.15, 0.2) is 182 Å². The highest BCUT2D eigenvalue weighted by molar-refractivity contribution is 7.25. The lowest BCUT2D eigenvalue weighted by molar-refractivity contribution is 0.658. The van der Waals surface area contributed by atoms with Gasteiger partial charge in [0.15, 0.2) is 0 Å². The minimum atomic E-state index is -0.194. The van der Waals surface area contributed by atoms with Gasteiger partial charge in [-0.05, 0) is 179 Å². The predicted octanol–water partition coefficient (Wildman–Crippen LogP) is 17.4. The highest BCUT2D eigenvalue weighted by Crippen LogP contribution is 2.56. The van der Waals surface area contributed by atoms with E-state index < -0.39 is 0 Å². The van der Waals surface area contributed by atoms with Crippen molar-refractivity contribution in [3.63, 3.8) is 0 Å². The Labute approximate surface area is 392 Å². The van der Waals surface area contributed by atoms with Gasteiger partial charge >= 0.3 is 0 Å². The number of fused-ring (bicyclic) bond motifs is 8. The van der Waals surface area contributed by atoms with Crippen molar-refractivity contribution in [3.05, 3.63) is 215 Å². The largest absolute Gasteiger partial charge is 0.296 e. The van der Waals surface area contributed by atoms with Gasteiger partial charge in [-0.1, -0.05) is 135 Å². The van der Waals surface area contributed by atoms with Crippen LogP contribution in [0.3, 0.4) is 0 Å². The molecule has 0 bridgehead atoms. The fourth-order valence-corrected chi connectivity index (χ4v) is 13.1. The third-order valence-electron chi connectivity index (χ3n) is 15.2. The highest BCUT2D eigenvalue weighted by atomic mass is 32.1. The van der Waals surface area contributed by atoms with Gasteiger partial charge in [-0.2, -0.15) is 0 Å². The monoisotopic (exact) mass is 868 g/mol. The maximum atomic E-state index is 2.62. The molecule has 0 saturated carbocycles. The van der Waals surface area contributed by atoms with E-state index in [-0.39, 0.29) is 5.41 Å². The number of hydrogen-bond acceptors (Lipinski definition) is 2. The Morgan fingerprint density at radius 3 is 1.86 bits per heavy atom. The Morgan fingerprint density at radius 1 is 0.455 bits per heavy atom. The molecule has 2 aromatic heterocycles. The number of nitrogens with zero attached hydrogens (tertiary/aromatic N) is 2. The maximum Gasteiger partial charge on any atom is 0.122 e. The van der Waals surface area contributed by atoms with Gasteiger partial charge in [0.1, 0.15) is 5.82 Å². The number of aryl methyl sites for hydroxylation is 2. The second-order valence-electron chi connectivity index (χ2n) is 19.3. The summed E-state index contributed by atoms with van der Waals surface area (Å²) < 4.78 is 5.13. The molecule has 0 unspecified atom stereocenters. The first-order valence-electron chi connectivity index (χ1n) is 24.1. The molecule has 0 aliphatic heterocycles. The third kappa shape index (κ3) is 6.27. The van der Waals surface area contributed by atoms with Crippen molar-refractivity contribution in [1.82, 2.24) is 4.57 Å². The number of rotatable bonds is 7. The fraction of sp³-hybridized carbons (Fsp3) is 0.175. The molecular weight excluding hydrogens is 817 g/mol. The number of benzene rings is 8. The van der Waals surface area contributed by atoms with Gasteiger partial charge in [-0.25, -0.2) is 0 Å². The lowest BCUT2D eigenvalue weighted by Gasteiger charge is -2.32. The lowest BCUT2D eigenvalue weighted by Crippen LogP contribution is -2.19. The smallest absolute Gasteiger partial charge is 0.122 e. The summed E-state index contributed by atoms with van der Waals surface area (Å²) in [5.74, 6) is 1.11. The van der Waals surface area contributed by atoms with Crippen LogP contribution in [0.25, 0.3) is 70.5 Å². The van der Waals surface area contributed by atoms with Crippen LogP contribution < -0.4 is 4.90 Å². The zero-order valence-electron chi connectivity index (χ0n) is 37.8. The first-order valence-corrected chi connectivity index (χ1v) is 24.9. The molecule has 10 aromatic rings. The third-order valence-corrected chi connectivity index (χ3v) is 16.3. The molecular formula is C63H52N2S. The number of aromatic nitrogens is 1. The van der Waals surface area contributed by atoms with Gasteiger partial charge < -0.3 is 0 Å². The van der Waals surface area contributed by atoms with E-state index in [1.165, 1.54) is 115 Å². The van der Waals surface area contributed by atoms with Crippen molar-refractivity contribution in [2.75, 3.05) is 4.90 Å². The van der Waals surface area contributed by atoms with Crippen molar-refractivity contribution < 1.29 is 0 Å². The van der Waals surface area contributed by atoms with E-state index in [1.807, 2.05) is 11.3 Å². The summed E-state index contributed by atoms with van der Waals surface area (Å²) in [4.78, 5) is 2.56. The zero-order valence-corrected chi connectivity index (χ0v) is 38.6. The average molecular weight is 869 g/mol. The van der Waals surface area contributed by atoms with E-state index in [1.54, 1.807) is 27.8 Å². The highest BCUT2D eigenvalue weighted by Gasteiger charge is 2.39. The minimum absolute atomic E-state index is 0.194. The Morgan fingerprint density at radius 2 is 1.09 bits per heavy atom. The fourth-order valence-electron chi connectivity index (χ4n) is 12.0. The van der Waals surface area contributed by atoms with Gasteiger partial charge in [-0.15, -0.1) is 11.3 Å². The van der Waals surface area contributed by atoms with E-state index in [4.69, 9.17) is 0 Å². The quantitative estimate of drug-likeness (QED) is 0.155. The number of para-hydroxylation sites is 1. The van der Waals surface area contributed by atoms with Crippen molar-refractivity contribution in [2.24, 2.45) is 0 Å². The molecule has 2 nitrogen and oxygen atoms in total. The maximum absolute atomic E-state index is 2.62. The van der Waals surface area contributed by atoms with E-state index in [9.17, 15) is 0 Å². The SMILES string of the molecule is CC1(C)c2ccccc2-c2c(-c3c4c(cc5c3CCCC5)CCCC4)cc(N(c3ccc(-c4ccccc4)cc3)c3ccc(-c4ccc5c(c4)sc4ccccc45)n3-c3ccccc3)cc21. The summed E-state index contributed by atoms with van der Waals surface area (Å²) in [5, 5.41) is 2.64. The molecule has 66 heavy (non-hydrogen) atoms. The molecule has 13 rings (SSSR count). The van der Waals surface area contributed by atoms with Crippen LogP contribution in [0, 0.1) is 0 Å². The molecule has 3 aliphatic rings. The topological polar surface area (TPSA) is 8.17 Å². The van der Waals surface area contributed by atoms with Crippen LogP contribution in [0.2, 0.25) is 0 Å². The molecule has 0 atom stereocenters.